The molecule has 14 nitrogen and oxygen atoms in total. The molecule has 336 valence electrons. The number of amides is 3. The number of hydrogen-bond acceptors (Lipinski definition) is 10. The molecular weight excluding hydrogens is 863 g/mol. The minimum Gasteiger partial charge on any atom is -0.472 e. The highest BCUT2D eigenvalue weighted by Crippen LogP contribution is 2.57. The molecule has 1 saturated heterocycles. The molecule has 0 radical (unpaired) electrons. The summed E-state index contributed by atoms with van der Waals surface area (Å²) in [5.41, 5.74) is -1.85. The van der Waals surface area contributed by atoms with E-state index in [1.807, 2.05) is 6.08 Å². The van der Waals surface area contributed by atoms with Crippen molar-refractivity contribution in [1.82, 2.24) is 29.7 Å². The largest absolute Gasteiger partial charge is 0.573 e. The first-order valence-electron chi connectivity index (χ1n) is 20.4. The molecule has 5 atom stereocenters. The van der Waals surface area contributed by atoms with Crippen LogP contribution < -0.4 is 19.5 Å². The monoisotopic (exact) mass is 904 g/mol. The lowest BCUT2D eigenvalue weighted by atomic mass is 9.91. The first kappa shape index (κ1) is 43.9. The number of carbonyl (C=O) groups is 4. The van der Waals surface area contributed by atoms with Gasteiger partial charge in [0.25, 0.3) is 5.91 Å². The van der Waals surface area contributed by atoms with E-state index in [0.29, 0.717) is 38.5 Å². The molecular formula is C42H42F6N6O8S. The number of aromatic nitrogens is 3. The van der Waals surface area contributed by atoms with Gasteiger partial charge in [0.15, 0.2) is 5.78 Å². The van der Waals surface area contributed by atoms with Crippen LogP contribution in [0.3, 0.4) is 0 Å². The second-order valence-electron chi connectivity index (χ2n) is 16.9. The lowest BCUT2D eigenvalue weighted by molar-refractivity contribution is -0.274. The molecule has 2 aromatic carbocycles. The molecule has 4 aliphatic rings. The van der Waals surface area contributed by atoms with Crippen LogP contribution in [0, 0.1) is 17.2 Å². The predicted molar refractivity (Wildman–Crippen MR) is 212 cm³/mol. The maximum absolute atomic E-state index is 14.7. The topological polar surface area (TPSA) is 179 Å². The van der Waals surface area contributed by atoms with Crippen molar-refractivity contribution in [3.05, 3.63) is 72.3 Å². The van der Waals surface area contributed by atoms with Gasteiger partial charge in [-0.3, -0.25) is 23.9 Å². The Kier molecular flexibility index (Phi) is 11.5. The van der Waals surface area contributed by atoms with Crippen LogP contribution in [0.2, 0.25) is 0 Å². The van der Waals surface area contributed by atoms with Gasteiger partial charge in [-0.05, 0) is 87.8 Å². The number of carbonyl (C=O) groups excluding carboxylic acids is 4. The van der Waals surface area contributed by atoms with Crippen molar-refractivity contribution in [3.63, 3.8) is 0 Å². The first-order chi connectivity index (χ1) is 29.8. The molecule has 0 unspecified atom stereocenters. The molecule has 4 heterocycles. The van der Waals surface area contributed by atoms with Gasteiger partial charge in [-0.1, -0.05) is 25.0 Å². The van der Waals surface area contributed by atoms with Crippen molar-refractivity contribution in [1.29, 1.82) is 0 Å². The van der Waals surface area contributed by atoms with E-state index in [1.165, 1.54) is 24.0 Å². The number of fused-ring (bicyclic) bond motifs is 5. The fourth-order valence-corrected chi connectivity index (χ4v) is 9.79. The summed E-state index contributed by atoms with van der Waals surface area (Å²) in [6.45, 7) is -1.82. The Bertz CT molecular complexity index is 2640. The quantitative estimate of drug-likeness (QED) is 0.105. The zero-order valence-corrected chi connectivity index (χ0v) is 34.5. The predicted octanol–water partition coefficient (Wildman–Crippen LogP) is 6.65. The zero-order valence-electron chi connectivity index (χ0n) is 33.7. The van der Waals surface area contributed by atoms with Gasteiger partial charge in [0.2, 0.25) is 27.7 Å². The van der Waals surface area contributed by atoms with Crippen molar-refractivity contribution in [2.24, 2.45) is 11.3 Å². The molecule has 3 amide bonds. The Balaban J connectivity index is 1.14. The number of halogens is 6. The third-order valence-corrected chi connectivity index (χ3v) is 14.6. The molecule has 2 aliphatic carbocycles. The van der Waals surface area contributed by atoms with Crippen LogP contribution in [0.15, 0.2) is 60.8 Å². The Labute approximate surface area is 356 Å². The van der Waals surface area contributed by atoms with Gasteiger partial charge in [-0.2, -0.15) is 13.9 Å². The van der Waals surface area contributed by atoms with Crippen LogP contribution in [0.25, 0.3) is 21.7 Å². The Morgan fingerprint density at radius 1 is 1.00 bits per heavy atom. The van der Waals surface area contributed by atoms with Crippen molar-refractivity contribution in [3.8, 4) is 11.6 Å². The summed E-state index contributed by atoms with van der Waals surface area (Å²) < 4.78 is 119. The molecule has 2 aromatic heterocycles. The molecule has 63 heavy (non-hydrogen) atoms. The summed E-state index contributed by atoms with van der Waals surface area (Å²) in [7, 11) is -4.09. The van der Waals surface area contributed by atoms with Crippen LogP contribution in [0.4, 0.5) is 26.3 Å². The molecule has 21 heteroatoms. The van der Waals surface area contributed by atoms with Gasteiger partial charge in [-0.15, -0.1) is 13.2 Å². The van der Waals surface area contributed by atoms with Crippen LogP contribution in [-0.4, -0.2) is 87.4 Å². The molecule has 2 aliphatic heterocycles. The molecule has 2 N–H and O–H groups in total. The van der Waals surface area contributed by atoms with E-state index < -0.39 is 104 Å². The maximum atomic E-state index is 14.7. The SMILES string of the molecule is CC1(S(=O)(=O)NC(=O)[C@]23CC(=O)[C@@H]4C[C@@H](Oc5nc6cc(F)ccc6c6cc(OC(F)(F)F)ccc56)CN4C(=O)[C@@H](NC(=O)c4ccn(C(F)F)n4)CCCCC/C=C\[C@@H]2C3)CC1. The van der Waals surface area contributed by atoms with E-state index in [2.05, 4.69) is 24.9 Å². The second kappa shape index (κ2) is 16.4. The fourth-order valence-electron chi connectivity index (χ4n) is 8.46. The summed E-state index contributed by atoms with van der Waals surface area (Å²) in [6.07, 6.45) is 0.964. The number of ketones is 1. The average Bonchev–Trinajstić information content (AvgIpc) is 3.98. The van der Waals surface area contributed by atoms with Gasteiger partial charge < -0.3 is 19.7 Å². The lowest BCUT2D eigenvalue weighted by Crippen LogP contribution is -2.52. The van der Waals surface area contributed by atoms with Crippen molar-refractivity contribution in [2.45, 2.75) is 107 Å². The van der Waals surface area contributed by atoms with Gasteiger partial charge in [0, 0.05) is 41.3 Å². The first-order valence-corrected chi connectivity index (χ1v) is 21.9. The zero-order chi connectivity index (χ0) is 45.1. The number of nitrogens with one attached hydrogen (secondary N) is 2. The summed E-state index contributed by atoms with van der Waals surface area (Å²) in [4.78, 5) is 62.4. The minimum atomic E-state index is -5.02. The highest BCUT2D eigenvalue weighted by atomic mass is 32.2. The number of ether oxygens (including phenoxy) is 2. The highest BCUT2D eigenvalue weighted by molar-refractivity contribution is 7.91. The summed E-state index contributed by atoms with van der Waals surface area (Å²) >= 11 is 0. The van der Waals surface area contributed by atoms with E-state index in [0.717, 1.165) is 36.5 Å². The molecule has 2 saturated carbocycles. The third kappa shape index (κ3) is 9.06. The normalized spacial score (nSPS) is 25.7. The lowest BCUT2D eigenvalue weighted by Gasteiger charge is -2.29. The Morgan fingerprint density at radius 3 is 2.48 bits per heavy atom. The smallest absolute Gasteiger partial charge is 0.472 e. The van der Waals surface area contributed by atoms with Gasteiger partial charge in [-0.25, -0.2) is 22.5 Å². The molecule has 0 bridgehead atoms. The summed E-state index contributed by atoms with van der Waals surface area (Å²) in [5.74, 6) is -5.06. The van der Waals surface area contributed by atoms with E-state index in [-0.39, 0.29) is 58.0 Å². The van der Waals surface area contributed by atoms with Gasteiger partial charge >= 0.3 is 12.9 Å². The van der Waals surface area contributed by atoms with Gasteiger partial charge in [0.05, 0.1) is 28.3 Å². The summed E-state index contributed by atoms with van der Waals surface area (Å²) in [6, 6.07) is 5.34. The van der Waals surface area contributed by atoms with Crippen molar-refractivity contribution < 1.29 is 63.4 Å². The standard InChI is InChI=1S/C42H42F6N6O8S/c1-40(14-15-40)63(59,60)52-38(58)41-20-23(41)7-5-3-2-4-6-8-31(49-35(56)30-13-16-54(51-30)39(44)45)37(57)53-22-26(19-33(53)34(55)21-41)61-36-28-12-10-25(62-42(46,47)48)18-29(28)27-11-9-24(43)17-32(27)50-36/h5,7,9-13,16-18,23,26,31,33,39H,2-4,6,8,14-15,19-22H2,1H3,(H,49,56)(H,52,58)/b7-5-/t23-,26-,31+,33+,41-/m1/s1. The molecule has 0 spiro atoms. The molecule has 4 aromatic rings. The number of pyridine rings is 1. The molecule has 3 fully saturated rings. The van der Waals surface area contributed by atoms with Gasteiger partial charge in [0.1, 0.15) is 29.4 Å². The minimum absolute atomic E-state index is 0.00880. The number of allylic oxidation sites excluding steroid dienone is 2. The van der Waals surface area contributed by atoms with E-state index in [1.54, 1.807) is 6.08 Å². The van der Waals surface area contributed by atoms with Crippen LogP contribution in [0.5, 0.6) is 11.6 Å². The number of sulfonamides is 1. The Hall–Kier alpha value is -5.73. The average molecular weight is 905 g/mol. The van der Waals surface area contributed by atoms with E-state index in [4.69, 9.17) is 4.74 Å². The number of hydrogen-bond donors (Lipinski definition) is 2. The Morgan fingerprint density at radius 2 is 1.76 bits per heavy atom. The maximum Gasteiger partial charge on any atom is 0.573 e. The van der Waals surface area contributed by atoms with Crippen LogP contribution in [-0.2, 0) is 24.4 Å². The highest BCUT2D eigenvalue weighted by Gasteiger charge is 2.62. The van der Waals surface area contributed by atoms with Crippen LogP contribution >= 0.6 is 0 Å². The van der Waals surface area contributed by atoms with E-state index >= 15 is 0 Å². The summed E-state index contributed by atoms with van der Waals surface area (Å²) in [5, 5.41) is 6.81. The molecule has 8 rings (SSSR count). The van der Waals surface area contributed by atoms with E-state index in [9.17, 15) is 53.9 Å². The number of rotatable bonds is 9. The van der Waals surface area contributed by atoms with Crippen molar-refractivity contribution >= 4 is 55.2 Å². The fraction of sp³-hybridized carbons (Fsp3) is 0.476. The number of nitrogens with zero attached hydrogens (tertiary/aromatic N) is 4. The van der Waals surface area contributed by atoms with Crippen LogP contribution in [0.1, 0.15) is 88.2 Å². The van der Waals surface area contributed by atoms with Crippen molar-refractivity contribution in [2.75, 3.05) is 6.54 Å². The number of Topliss-reactive ketones (excluding diaryl/α,β-unsaturated/α-hetero) is 1. The second-order valence-corrected chi connectivity index (χ2v) is 19.1. The third-order valence-electron chi connectivity index (χ3n) is 12.4. The number of alkyl halides is 5. The number of benzene rings is 2.